The lowest BCUT2D eigenvalue weighted by atomic mass is 10.0. The highest BCUT2D eigenvalue weighted by molar-refractivity contribution is 5.66. The second-order valence-electron chi connectivity index (χ2n) is 10.3. The van der Waals surface area contributed by atoms with E-state index in [2.05, 4.69) is 32.6 Å². The van der Waals surface area contributed by atoms with Crippen LogP contribution < -0.4 is 0 Å². The van der Waals surface area contributed by atoms with E-state index in [1.54, 1.807) is 0 Å². The summed E-state index contributed by atoms with van der Waals surface area (Å²) in [5.74, 6) is 0.00211. The van der Waals surface area contributed by atoms with Gasteiger partial charge < -0.3 is 15.3 Å². The molecule has 7 heteroatoms. The molecule has 0 fully saturated rings. The second-order valence-corrected chi connectivity index (χ2v) is 10.3. The van der Waals surface area contributed by atoms with E-state index in [9.17, 15) is 9.90 Å². The highest BCUT2D eigenvalue weighted by Gasteiger charge is 2.06. The average Bonchev–Trinajstić information content (AvgIpc) is 2.75. The van der Waals surface area contributed by atoms with Gasteiger partial charge in [0.15, 0.2) is 0 Å². The molecule has 0 spiro atoms. The zero-order valence-electron chi connectivity index (χ0n) is 23.5. The Morgan fingerprint density at radius 1 is 0.629 bits per heavy atom. The van der Waals surface area contributed by atoms with E-state index in [4.69, 9.17) is 20.3 Å². The Bertz CT molecular complexity index is 435. The lowest BCUT2D eigenvalue weighted by Crippen LogP contribution is -2.09. The predicted octanol–water partition coefficient (Wildman–Crippen LogP) is 7.94. The van der Waals surface area contributed by atoms with Gasteiger partial charge in [0, 0.05) is 13.3 Å². The Hall–Kier alpha value is -1.18. The topological polar surface area (TPSA) is 124 Å². The minimum atomic E-state index is -0.833. The van der Waals surface area contributed by atoms with Crippen molar-refractivity contribution in [3.63, 3.8) is 0 Å². The van der Waals surface area contributed by atoms with Crippen LogP contribution in [0.4, 0.5) is 0 Å². The van der Waals surface area contributed by atoms with Gasteiger partial charge >= 0.3 is 5.97 Å². The molecule has 212 valence electrons. The third-order valence-electron chi connectivity index (χ3n) is 5.53. The van der Waals surface area contributed by atoms with Crippen LogP contribution in [0.1, 0.15) is 144 Å². The van der Waals surface area contributed by atoms with Gasteiger partial charge in [-0.15, -0.1) is 0 Å². The fraction of sp³-hybridized carbons (Fsp3) is 0.929. The number of carboxylic acids is 2. The summed E-state index contributed by atoms with van der Waals surface area (Å²) in [6.45, 7) is 10.6. The molecule has 1 unspecified atom stereocenters. The molecular weight excluding hydrogens is 448 g/mol. The normalized spacial score (nSPS) is 11.5. The van der Waals surface area contributed by atoms with Gasteiger partial charge in [0.1, 0.15) is 0 Å². The molecule has 7 nitrogen and oxygen atoms in total. The van der Waals surface area contributed by atoms with Gasteiger partial charge in [0.25, 0.3) is 5.97 Å². The maximum absolute atomic E-state index is 10.3. The van der Waals surface area contributed by atoms with Crippen LogP contribution in [-0.4, -0.2) is 45.2 Å². The molecule has 0 aromatic rings. The first-order valence-electron chi connectivity index (χ1n) is 13.9. The van der Waals surface area contributed by atoms with Crippen LogP contribution in [0.15, 0.2) is 0 Å². The molecule has 0 aliphatic heterocycles. The third-order valence-corrected chi connectivity index (χ3v) is 5.53. The van der Waals surface area contributed by atoms with E-state index in [-0.39, 0.29) is 6.42 Å². The maximum atomic E-state index is 10.3. The van der Waals surface area contributed by atoms with Gasteiger partial charge in [-0.2, -0.15) is 0 Å². The van der Waals surface area contributed by atoms with Crippen LogP contribution in [0, 0.1) is 11.8 Å². The molecule has 4 N–H and O–H groups in total. The van der Waals surface area contributed by atoms with E-state index >= 15 is 0 Å². The number of hydrogen-bond donors (Lipinski definition) is 4. The number of aliphatic hydroxyl groups is 1. The summed E-state index contributed by atoms with van der Waals surface area (Å²) < 4.78 is 0. The number of hydrogen-bond acceptors (Lipinski definition) is 5. The van der Waals surface area contributed by atoms with Crippen LogP contribution >= 0.6 is 0 Å². The molecule has 0 heterocycles. The van der Waals surface area contributed by atoms with Crippen molar-refractivity contribution in [2.75, 3.05) is 6.61 Å². The summed E-state index contributed by atoms with van der Waals surface area (Å²) in [4.78, 5) is 23.3. The molecule has 1 atom stereocenters. The van der Waals surface area contributed by atoms with Gasteiger partial charge in [-0.1, -0.05) is 111 Å². The Labute approximate surface area is 215 Å². The number of unbranched alkanes of at least 4 members (excludes halogenated alkanes) is 10. The highest BCUT2D eigenvalue weighted by Crippen LogP contribution is 2.14. The molecule has 0 saturated heterocycles. The molecule has 0 rings (SSSR count). The van der Waals surface area contributed by atoms with E-state index in [0.717, 1.165) is 44.4 Å². The van der Waals surface area contributed by atoms with Crippen LogP contribution in [0.25, 0.3) is 0 Å². The molecule has 0 radical (unpaired) electrons. The Morgan fingerprint density at radius 3 is 1.31 bits per heavy atom. The van der Waals surface area contributed by atoms with Crippen molar-refractivity contribution in [3.05, 3.63) is 0 Å². The second kappa shape index (κ2) is 30.9. The van der Waals surface area contributed by atoms with Crippen LogP contribution in [0.2, 0.25) is 0 Å². The van der Waals surface area contributed by atoms with Crippen molar-refractivity contribution in [1.82, 2.24) is 0 Å². The van der Waals surface area contributed by atoms with Crippen LogP contribution in [0.3, 0.4) is 0 Å². The Balaban J connectivity index is -0.000000514. The van der Waals surface area contributed by atoms with Crippen molar-refractivity contribution < 1.29 is 35.1 Å². The van der Waals surface area contributed by atoms with Gasteiger partial charge in [0.05, 0.1) is 12.7 Å². The number of carbonyl (C=O) groups is 2. The number of aliphatic carboxylic acids is 2. The zero-order chi connectivity index (χ0) is 27.3. The van der Waals surface area contributed by atoms with E-state index in [1.165, 1.54) is 70.6 Å². The summed E-state index contributed by atoms with van der Waals surface area (Å²) >= 11 is 0. The lowest BCUT2D eigenvalue weighted by molar-refractivity contribution is -0.242. The Morgan fingerprint density at radius 2 is 0.971 bits per heavy atom. The molecule has 0 bridgehead atoms. The van der Waals surface area contributed by atoms with E-state index < -0.39 is 18.0 Å². The lowest BCUT2D eigenvalue weighted by Gasteiger charge is -2.08. The molecule has 0 saturated carbocycles. The smallest absolute Gasteiger partial charge is 0.303 e. The summed E-state index contributed by atoms with van der Waals surface area (Å²) in [7, 11) is 0. The SMILES string of the molecule is CC(=O)O.CC(C)CCCCCCCC(O)CCC(=O)O.CC(C)CCCCCCCCCOO. The third kappa shape index (κ3) is 50.6. The summed E-state index contributed by atoms with van der Waals surface area (Å²) in [6.07, 6.45) is 18.4. The van der Waals surface area contributed by atoms with Gasteiger partial charge in [-0.05, 0) is 31.1 Å². The van der Waals surface area contributed by atoms with Gasteiger partial charge in [-0.3, -0.25) is 14.8 Å². The minimum absolute atomic E-state index is 0.0789. The van der Waals surface area contributed by atoms with E-state index in [0.29, 0.717) is 13.0 Å². The predicted molar refractivity (Wildman–Crippen MR) is 144 cm³/mol. The highest BCUT2D eigenvalue weighted by atomic mass is 17.1. The first kappa shape index (κ1) is 38.4. The summed E-state index contributed by atoms with van der Waals surface area (Å²) in [5, 5.41) is 33.5. The van der Waals surface area contributed by atoms with Gasteiger partial charge in [-0.25, -0.2) is 4.89 Å². The van der Waals surface area contributed by atoms with Crippen molar-refractivity contribution in [2.24, 2.45) is 11.8 Å². The van der Waals surface area contributed by atoms with Crippen molar-refractivity contribution >= 4 is 11.9 Å². The quantitative estimate of drug-likeness (QED) is 0.0707. The number of rotatable bonds is 21. The van der Waals surface area contributed by atoms with Crippen LogP contribution in [0.5, 0.6) is 0 Å². The Kier molecular flexibility index (Phi) is 33.8. The number of aliphatic hydroxyl groups excluding tert-OH is 1. The van der Waals surface area contributed by atoms with E-state index in [1.807, 2.05) is 0 Å². The molecule has 0 amide bonds. The maximum Gasteiger partial charge on any atom is 0.303 e. The number of carboxylic acid groups (broad SMARTS) is 2. The molecule has 35 heavy (non-hydrogen) atoms. The average molecular weight is 507 g/mol. The van der Waals surface area contributed by atoms with Crippen molar-refractivity contribution in [3.8, 4) is 0 Å². The molecule has 0 aromatic carbocycles. The fourth-order valence-electron chi connectivity index (χ4n) is 3.50. The first-order chi connectivity index (χ1) is 16.5. The largest absolute Gasteiger partial charge is 0.481 e. The molecule has 0 aliphatic rings. The van der Waals surface area contributed by atoms with Crippen molar-refractivity contribution in [2.45, 2.75) is 150 Å². The minimum Gasteiger partial charge on any atom is -0.481 e. The molecule has 0 aromatic heterocycles. The van der Waals surface area contributed by atoms with Gasteiger partial charge in [0.2, 0.25) is 0 Å². The summed E-state index contributed by atoms with van der Waals surface area (Å²) in [6, 6.07) is 0. The fourth-order valence-corrected chi connectivity index (χ4v) is 3.50. The first-order valence-corrected chi connectivity index (χ1v) is 13.9. The molecule has 0 aliphatic carbocycles. The zero-order valence-corrected chi connectivity index (χ0v) is 23.5. The van der Waals surface area contributed by atoms with Crippen molar-refractivity contribution in [1.29, 1.82) is 0 Å². The monoisotopic (exact) mass is 506 g/mol. The molecular formula is C28H58O7. The summed E-state index contributed by atoms with van der Waals surface area (Å²) in [5.41, 5.74) is 0. The standard InChI is InChI=1S/C14H28O3.C12H26O2.C2H4O2/c1-12(2)8-6-4-3-5-7-9-13(15)10-11-14(16)17;1-12(2)10-8-6-4-3-5-7-9-11-14-13;1-2(3)4/h12-13,15H,3-11H2,1-2H3,(H,16,17);12-13H,3-11H2,1-2H3;1H3,(H,3,4). The van der Waals surface area contributed by atoms with Crippen LogP contribution in [-0.2, 0) is 14.5 Å².